The summed E-state index contributed by atoms with van der Waals surface area (Å²) < 4.78 is 39.5. The maximum Gasteiger partial charge on any atom is 0.408 e. The summed E-state index contributed by atoms with van der Waals surface area (Å²) in [5.41, 5.74) is 0.0877. The highest BCUT2D eigenvalue weighted by Crippen LogP contribution is 2.39. The molecule has 1 aromatic rings. The van der Waals surface area contributed by atoms with Crippen LogP contribution in [0.15, 0.2) is 30.2 Å². The first-order valence-corrected chi connectivity index (χ1v) is 9.33. The van der Waals surface area contributed by atoms with E-state index in [0.29, 0.717) is 32.7 Å². The molecule has 28 heavy (non-hydrogen) atoms. The van der Waals surface area contributed by atoms with Crippen LogP contribution >= 0.6 is 0 Å². The van der Waals surface area contributed by atoms with Crippen molar-refractivity contribution in [3.05, 3.63) is 47.4 Å². The molecule has 2 aliphatic heterocycles. The average molecular weight is 396 g/mol. The molecule has 3 rings (SSSR count). The minimum absolute atomic E-state index is 0.0118. The smallest absolute Gasteiger partial charge is 0.408 e. The number of benzene rings is 1. The SMILES string of the molecule is CC(C)(C)N(C(=O)O)[C@H]1CC(N2CCOCC2)=CO[C@@H]1c1cc(F)ccc1F. The fourth-order valence-corrected chi connectivity index (χ4v) is 3.83. The van der Waals surface area contributed by atoms with Crippen LogP contribution in [0.2, 0.25) is 0 Å². The highest BCUT2D eigenvalue weighted by molar-refractivity contribution is 5.67. The Kier molecular flexibility index (Phi) is 5.79. The summed E-state index contributed by atoms with van der Waals surface area (Å²) in [5.74, 6) is -1.22. The Bertz CT molecular complexity index is 757. The zero-order chi connectivity index (χ0) is 20.5. The molecule has 1 saturated heterocycles. The quantitative estimate of drug-likeness (QED) is 0.843. The molecule has 1 amide bonds. The van der Waals surface area contributed by atoms with Gasteiger partial charge in [-0.2, -0.15) is 0 Å². The fraction of sp³-hybridized carbons (Fsp3) is 0.550. The van der Waals surface area contributed by atoms with Crippen LogP contribution in [-0.4, -0.2) is 58.9 Å². The fourth-order valence-electron chi connectivity index (χ4n) is 3.83. The van der Waals surface area contributed by atoms with Crippen molar-refractivity contribution in [2.24, 2.45) is 0 Å². The number of ether oxygens (including phenoxy) is 2. The van der Waals surface area contributed by atoms with Gasteiger partial charge in [0, 0.05) is 30.6 Å². The van der Waals surface area contributed by atoms with Crippen molar-refractivity contribution in [1.82, 2.24) is 9.80 Å². The Balaban J connectivity index is 2.01. The summed E-state index contributed by atoms with van der Waals surface area (Å²) in [4.78, 5) is 15.5. The normalized spacial score (nSPS) is 23.0. The first-order chi connectivity index (χ1) is 13.2. The molecule has 0 saturated carbocycles. The number of hydrogen-bond acceptors (Lipinski definition) is 4. The van der Waals surface area contributed by atoms with Gasteiger partial charge in [-0.3, -0.25) is 4.90 Å². The Morgan fingerprint density at radius 3 is 2.54 bits per heavy atom. The van der Waals surface area contributed by atoms with Gasteiger partial charge in [0.2, 0.25) is 0 Å². The van der Waals surface area contributed by atoms with E-state index in [9.17, 15) is 18.7 Å². The van der Waals surface area contributed by atoms with E-state index in [4.69, 9.17) is 9.47 Å². The Morgan fingerprint density at radius 1 is 1.25 bits per heavy atom. The molecule has 6 nitrogen and oxygen atoms in total. The Morgan fingerprint density at radius 2 is 1.93 bits per heavy atom. The van der Waals surface area contributed by atoms with Crippen molar-refractivity contribution in [3.8, 4) is 0 Å². The monoisotopic (exact) mass is 396 g/mol. The third-order valence-electron chi connectivity index (χ3n) is 5.06. The summed E-state index contributed by atoms with van der Waals surface area (Å²) in [5, 5.41) is 9.90. The van der Waals surface area contributed by atoms with Crippen LogP contribution in [-0.2, 0) is 9.47 Å². The number of rotatable bonds is 3. The van der Waals surface area contributed by atoms with Gasteiger partial charge < -0.3 is 19.5 Å². The summed E-state index contributed by atoms with van der Waals surface area (Å²) in [6, 6.07) is 2.43. The van der Waals surface area contributed by atoms with E-state index in [1.165, 1.54) is 4.90 Å². The third kappa shape index (κ3) is 4.22. The highest BCUT2D eigenvalue weighted by atomic mass is 19.1. The number of hydrogen-bond donors (Lipinski definition) is 1. The molecule has 154 valence electrons. The van der Waals surface area contributed by atoms with Gasteiger partial charge in [-0.1, -0.05) is 0 Å². The molecule has 2 atom stereocenters. The van der Waals surface area contributed by atoms with Gasteiger partial charge in [-0.15, -0.1) is 0 Å². The average Bonchev–Trinajstić information content (AvgIpc) is 2.63. The predicted molar refractivity (Wildman–Crippen MR) is 98.7 cm³/mol. The van der Waals surface area contributed by atoms with E-state index < -0.39 is 35.4 Å². The molecule has 0 spiro atoms. The van der Waals surface area contributed by atoms with Crippen LogP contribution in [0.3, 0.4) is 0 Å². The summed E-state index contributed by atoms with van der Waals surface area (Å²) >= 11 is 0. The zero-order valence-corrected chi connectivity index (χ0v) is 16.3. The van der Waals surface area contributed by atoms with Crippen molar-refractivity contribution in [2.75, 3.05) is 26.3 Å². The van der Waals surface area contributed by atoms with E-state index in [1.54, 1.807) is 27.0 Å². The Hall–Kier alpha value is -2.35. The van der Waals surface area contributed by atoms with Crippen LogP contribution in [0.5, 0.6) is 0 Å². The number of carboxylic acid groups (broad SMARTS) is 1. The van der Waals surface area contributed by atoms with Crippen LogP contribution in [0.25, 0.3) is 0 Å². The van der Waals surface area contributed by atoms with Crippen LogP contribution in [0, 0.1) is 11.6 Å². The first kappa shape index (κ1) is 20.4. The summed E-state index contributed by atoms with van der Waals surface area (Å²) in [6.45, 7) is 7.80. The van der Waals surface area contributed by atoms with Gasteiger partial charge in [0.1, 0.15) is 24.0 Å². The van der Waals surface area contributed by atoms with E-state index >= 15 is 0 Å². The molecule has 1 N–H and O–H groups in total. The standard InChI is InChI=1S/C20H26F2N2O4/c1-20(2,3)24(19(25)26)17-11-14(23-6-8-27-9-7-23)12-28-18(17)15-10-13(21)4-5-16(15)22/h4-5,10,12,17-18H,6-9,11H2,1-3H3,(H,25,26)/t17-,18+/m0/s1. The van der Waals surface area contributed by atoms with Crippen molar-refractivity contribution >= 4 is 6.09 Å². The number of amides is 1. The lowest BCUT2D eigenvalue weighted by molar-refractivity contribution is -0.0250. The second-order valence-corrected chi connectivity index (χ2v) is 8.03. The van der Waals surface area contributed by atoms with Gasteiger partial charge >= 0.3 is 6.09 Å². The number of nitrogens with zero attached hydrogens (tertiary/aromatic N) is 2. The van der Waals surface area contributed by atoms with E-state index in [-0.39, 0.29) is 5.56 Å². The van der Waals surface area contributed by atoms with E-state index in [1.807, 2.05) is 0 Å². The number of morpholine rings is 1. The molecule has 1 fully saturated rings. The first-order valence-electron chi connectivity index (χ1n) is 9.33. The largest absolute Gasteiger partial charge is 0.489 e. The van der Waals surface area contributed by atoms with Crippen molar-refractivity contribution in [3.63, 3.8) is 0 Å². The van der Waals surface area contributed by atoms with Crippen molar-refractivity contribution in [2.45, 2.75) is 44.9 Å². The van der Waals surface area contributed by atoms with Crippen LogP contribution < -0.4 is 0 Å². The Labute approximate surface area is 163 Å². The van der Waals surface area contributed by atoms with Gasteiger partial charge in [0.15, 0.2) is 0 Å². The van der Waals surface area contributed by atoms with E-state index in [0.717, 1.165) is 23.9 Å². The van der Waals surface area contributed by atoms with Crippen molar-refractivity contribution < 1.29 is 28.2 Å². The molecule has 2 heterocycles. The van der Waals surface area contributed by atoms with Crippen molar-refractivity contribution in [1.29, 1.82) is 0 Å². The topological polar surface area (TPSA) is 62.2 Å². The van der Waals surface area contributed by atoms with Gasteiger partial charge in [-0.05, 0) is 39.0 Å². The van der Waals surface area contributed by atoms with Gasteiger partial charge in [0.05, 0.1) is 25.0 Å². The second kappa shape index (κ2) is 7.95. The minimum Gasteiger partial charge on any atom is -0.489 e. The summed E-state index contributed by atoms with van der Waals surface area (Å²) in [6.07, 6.45) is -0.203. The molecule has 2 aliphatic rings. The molecule has 1 aromatic carbocycles. The lowest BCUT2D eigenvalue weighted by Crippen LogP contribution is -2.55. The summed E-state index contributed by atoms with van der Waals surface area (Å²) in [7, 11) is 0. The molecular formula is C20H26F2N2O4. The molecule has 0 aromatic heterocycles. The molecule has 0 radical (unpaired) electrons. The van der Waals surface area contributed by atoms with Crippen LogP contribution in [0.4, 0.5) is 13.6 Å². The maximum atomic E-state index is 14.5. The molecule has 8 heteroatoms. The number of carbonyl (C=O) groups is 1. The molecule has 0 unspecified atom stereocenters. The lowest BCUT2D eigenvalue weighted by atomic mass is 9.91. The predicted octanol–water partition coefficient (Wildman–Crippen LogP) is 3.75. The van der Waals surface area contributed by atoms with Gasteiger partial charge in [-0.25, -0.2) is 13.6 Å². The third-order valence-corrected chi connectivity index (χ3v) is 5.06. The zero-order valence-electron chi connectivity index (χ0n) is 16.3. The minimum atomic E-state index is -1.13. The molecule has 0 bridgehead atoms. The lowest BCUT2D eigenvalue weighted by Gasteiger charge is -2.46. The van der Waals surface area contributed by atoms with E-state index in [2.05, 4.69) is 4.90 Å². The maximum absolute atomic E-state index is 14.5. The number of halogens is 2. The second-order valence-electron chi connectivity index (χ2n) is 8.03. The highest BCUT2D eigenvalue weighted by Gasteiger charge is 2.43. The molecule has 0 aliphatic carbocycles. The molecular weight excluding hydrogens is 370 g/mol. The van der Waals surface area contributed by atoms with Crippen LogP contribution in [0.1, 0.15) is 38.9 Å². The van der Waals surface area contributed by atoms with Gasteiger partial charge in [0.25, 0.3) is 0 Å².